The first kappa shape index (κ1) is 22.3. The smallest absolute Gasteiger partial charge is 0.247 e. The summed E-state index contributed by atoms with van der Waals surface area (Å²) in [5.74, 6) is 0.353. The van der Waals surface area contributed by atoms with E-state index < -0.39 is 0 Å². The summed E-state index contributed by atoms with van der Waals surface area (Å²) in [6, 6.07) is 17.3. The molecule has 2 saturated heterocycles. The number of nitrogens with zero attached hydrogens (tertiary/aromatic N) is 2. The van der Waals surface area contributed by atoms with Crippen LogP contribution in [0.1, 0.15) is 18.9 Å². The molecular weight excluding hydrogens is 404 g/mol. The Labute approximate surface area is 189 Å². The fourth-order valence-electron chi connectivity index (χ4n) is 4.71. The third-order valence-electron chi connectivity index (χ3n) is 6.36. The second-order valence-corrected chi connectivity index (χ2v) is 8.53. The minimum absolute atomic E-state index is 0.00419. The van der Waals surface area contributed by atoms with Crippen LogP contribution in [0.15, 0.2) is 54.6 Å². The third-order valence-corrected chi connectivity index (χ3v) is 6.36. The van der Waals surface area contributed by atoms with Crippen molar-refractivity contribution in [2.24, 2.45) is 11.8 Å². The van der Waals surface area contributed by atoms with Crippen LogP contribution in [-0.4, -0.2) is 56.0 Å². The highest BCUT2D eigenvalue weighted by Crippen LogP contribution is 2.32. The molecule has 0 spiro atoms. The molecule has 0 aromatic heterocycles. The molecule has 2 heterocycles. The number of carbonyl (C=O) groups excluding carboxylic acids is 2. The summed E-state index contributed by atoms with van der Waals surface area (Å²) in [6.45, 7) is 4.91. The Bertz CT molecular complexity index is 919. The quantitative estimate of drug-likeness (QED) is 0.664. The van der Waals surface area contributed by atoms with E-state index >= 15 is 0 Å². The van der Waals surface area contributed by atoms with Crippen LogP contribution in [0, 0.1) is 11.8 Å². The Hall–Kier alpha value is -2.90. The van der Waals surface area contributed by atoms with Crippen LogP contribution < -0.4 is 20.5 Å². The second-order valence-electron chi connectivity index (χ2n) is 8.53. The molecule has 0 radical (unpaired) electrons. The van der Waals surface area contributed by atoms with Gasteiger partial charge in [-0.15, -0.1) is 0 Å². The van der Waals surface area contributed by atoms with Gasteiger partial charge in [0.2, 0.25) is 11.8 Å². The highest BCUT2D eigenvalue weighted by molar-refractivity contribution is 5.98. The lowest BCUT2D eigenvalue weighted by Crippen LogP contribution is -2.57. The summed E-state index contributed by atoms with van der Waals surface area (Å²) in [5.41, 5.74) is 5.31. The van der Waals surface area contributed by atoms with Gasteiger partial charge < -0.3 is 15.0 Å². The fraction of sp³-hybridized carbons (Fsp3) is 0.440. The lowest BCUT2D eigenvalue weighted by Gasteiger charge is -2.38. The van der Waals surface area contributed by atoms with Crippen molar-refractivity contribution in [1.29, 1.82) is 0 Å². The average Bonchev–Trinajstić information content (AvgIpc) is 3.16. The maximum Gasteiger partial charge on any atom is 0.247 e. The molecule has 2 aliphatic rings. The molecule has 170 valence electrons. The number of likely N-dealkylation sites (tertiary alicyclic amines) is 1. The van der Waals surface area contributed by atoms with E-state index in [9.17, 15) is 9.59 Å². The van der Waals surface area contributed by atoms with Gasteiger partial charge in [-0.05, 0) is 49.2 Å². The van der Waals surface area contributed by atoms with Crippen LogP contribution in [0.4, 0.5) is 5.69 Å². The molecule has 3 atom stereocenters. The van der Waals surface area contributed by atoms with Crippen LogP contribution >= 0.6 is 0 Å². The summed E-state index contributed by atoms with van der Waals surface area (Å²) in [7, 11) is 1.65. The standard InChI is InChI=1S/C25H32N4O3/c1-3-15-28-16-21(24(30)26-14-13-18-9-11-20(32-2)12-10-18)23-22(17-28)25(31)29(27-23)19-7-5-4-6-8-19/h4-12,21-23,27H,3,13-17H2,1-2H3,(H,26,30). The predicted molar refractivity (Wildman–Crippen MR) is 124 cm³/mol. The molecule has 2 amide bonds. The van der Waals surface area contributed by atoms with Crippen molar-refractivity contribution in [3.8, 4) is 5.75 Å². The van der Waals surface area contributed by atoms with Gasteiger partial charge in [0, 0.05) is 19.6 Å². The number of hydrogen-bond donors (Lipinski definition) is 2. The molecule has 7 heteroatoms. The zero-order chi connectivity index (χ0) is 22.5. The van der Waals surface area contributed by atoms with Gasteiger partial charge in [0.25, 0.3) is 0 Å². The van der Waals surface area contributed by atoms with Crippen LogP contribution in [0.3, 0.4) is 0 Å². The van der Waals surface area contributed by atoms with Gasteiger partial charge >= 0.3 is 0 Å². The van der Waals surface area contributed by atoms with E-state index in [-0.39, 0.29) is 29.7 Å². The summed E-state index contributed by atoms with van der Waals surface area (Å²) >= 11 is 0. The van der Waals surface area contributed by atoms with E-state index in [0.717, 1.165) is 36.4 Å². The Balaban J connectivity index is 1.43. The van der Waals surface area contributed by atoms with Crippen LogP contribution in [0.2, 0.25) is 0 Å². The van der Waals surface area contributed by atoms with Gasteiger partial charge in [0.05, 0.1) is 30.7 Å². The number of benzene rings is 2. The number of fused-ring (bicyclic) bond motifs is 1. The van der Waals surface area contributed by atoms with Gasteiger partial charge in [-0.3, -0.25) is 9.59 Å². The molecule has 4 rings (SSSR count). The predicted octanol–water partition coefficient (Wildman–Crippen LogP) is 2.23. The zero-order valence-corrected chi connectivity index (χ0v) is 18.8. The Morgan fingerprint density at radius 3 is 2.56 bits per heavy atom. The molecule has 2 aliphatic heterocycles. The van der Waals surface area contributed by atoms with Crippen molar-refractivity contribution in [2.45, 2.75) is 25.8 Å². The molecule has 7 nitrogen and oxygen atoms in total. The van der Waals surface area contributed by atoms with E-state index in [0.29, 0.717) is 19.6 Å². The Kier molecular flexibility index (Phi) is 7.07. The first-order valence-electron chi connectivity index (χ1n) is 11.4. The molecule has 2 aromatic carbocycles. The average molecular weight is 437 g/mol. The Morgan fingerprint density at radius 1 is 1.12 bits per heavy atom. The highest BCUT2D eigenvalue weighted by Gasteiger charge is 2.50. The Morgan fingerprint density at radius 2 is 1.88 bits per heavy atom. The maximum absolute atomic E-state index is 13.2. The number of carbonyl (C=O) groups is 2. The number of methoxy groups -OCH3 is 1. The normalized spacial score (nSPS) is 23.1. The summed E-state index contributed by atoms with van der Waals surface area (Å²) in [5, 5.41) is 4.73. The largest absolute Gasteiger partial charge is 0.497 e. The zero-order valence-electron chi connectivity index (χ0n) is 18.8. The SMILES string of the molecule is CCCN1CC(C(=O)NCCc2ccc(OC)cc2)C2NN(c3ccccc3)C(=O)C2C1. The molecular formula is C25H32N4O3. The first-order valence-corrected chi connectivity index (χ1v) is 11.4. The number of ether oxygens (including phenoxy) is 1. The number of hydrogen-bond acceptors (Lipinski definition) is 5. The number of rotatable bonds is 8. The van der Waals surface area contributed by atoms with Gasteiger partial charge in [-0.1, -0.05) is 37.3 Å². The number of para-hydroxylation sites is 1. The van der Waals surface area contributed by atoms with Crippen LogP contribution in [0.25, 0.3) is 0 Å². The molecule has 0 bridgehead atoms. The van der Waals surface area contributed by atoms with Crippen molar-refractivity contribution in [3.63, 3.8) is 0 Å². The molecule has 2 N–H and O–H groups in total. The van der Waals surface area contributed by atoms with Crippen molar-refractivity contribution < 1.29 is 14.3 Å². The van der Waals surface area contributed by atoms with E-state index in [1.54, 1.807) is 12.1 Å². The molecule has 2 fully saturated rings. The molecule has 3 unspecified atom stereocenters. The molecule has 0 saturated carbocycles. The number of amides is 2. The van der Waals surface area contributed by atoms with E-state index in [4.69, 9.17) is 4.74 Å². The molecule has 2 aromatic rings. The van der Waals surface area contributed by atoms with Crippen LogP contribution in [-0.2, 0) is 16.0 Å². The van der Waals surface area contributed by atoms with Crippen LogP contribution in [0.5, 0.6) is 5.75 Å². The van der Waals surface area contributed by atoms with E-state index in [1.165, 1.54) is 0 Å². The van der Waals surface area contributed by atoms with Crippen molar-refractivity contribution in [2.75, 3.05) is 38.3 Å². The minimum Gasteiger partial charge on any atom is -0.497 e. The molecule has 0 aliphatic carbocycles. The van der Waals surface area contributed by atoms with Gasteiger partial charge in [0.15, 0.2) is 0 Å². The third kappa shape index (κ3) is 4.79. The minimum atomic E-state index is -0.283. The summed E-state index contributed by atoms with van der Waals surface area (Å²) in [4.78, 5) is 28.7. The number of piperidine rings is 1. The number of hydrazine groups is 1. The highest BCUT2D eigenvalue weighted by atomic mass is 16.5. The summed E-state index contributed by atoms with van der Waals surface area (Å²) < 4.78 is 5.20. The van der Waals surface area contributed by atoms with Gasteiger partial charge in [0.1, 0.15) is 5.75 Å². The molecule has 32 heavy (non-hydrogen) atoms. The van der Waals surface area contributed by atoms with Crippen molar-refractivity contribution in [1.82, 2.24) is 15.6 Å². The van der Waals surface area contributed by atoms with Crippen molar-refractivity contribution >= 4 is 17.5 Å². The number of anilines is 1. The fourth-order valence-corrected chi connectivity index (χ4v) is 4.71. The van der Waals surface area contributed by atoms with Gasteiger partial charge in [-0.25, -0.2) is 10.4 Å². The second kappa shape index (κ2) is 10.1. The van der Waals surface area contributed by atoms with E-state index in [1.807, 2.05) is 54.6 Å². The summed E-state index contributed by atoms with van der Waals surface area (Å²) in [6.07, 6.45) is 1.74. The topological polar surface area (TPSA) is 73.9 Å². The lowest BCUT2D eigenvalue weighted by atomic mass is 9.84. The lowest BCUT2D eigenvalue weighted by molar-refractivity contribution is -0.129. The monoisotopic (exact) mass is 436 g/mol. The number of nitrogens with one attached hydrogen (secondary N) is 2. The van der Waals surface area contributed by atoms with E-state index in [2.05, 4.69) is 22.6 Å². The van der Waals surface area contributed by atoms with Crippen molar-refractivity contribution in [3.05, 3.63) is 60.2 Å². The van der Waals surface area contributed by atoms with Gasteiger partial charge in [-0.2, -0.15) is 0 Å². The maximum atomic E-state index is 13.2. The first-order chi connectivity index (χ1) is 15.6.